The van der Waals surface area contributed by atoms with Gasteiger partial charge in [-0.2, -0.15) is 0 Å². The van der Waals surface area contributed by atoms with Crippen molar-refractivity contribution in [3.63, 3.8) is 0 Å². The third-order valence-electron chi connectivity index (χ3n) is 4.64. The van der Waals surface area contributed by atoms with Gasteiger partial charge in [0.1, 0.15) is 5.82 Å². The van der Waals surface area contributed by atoms with Crippen molar-refractivity contribution in [2.75, 3.05) is 11.9 Å². The van der Waals surface area contributed by atoms with E-state index in [2.05, 4.69) is 31.2 Å². The summed E-state index contributed by atoms with van der Waals surface area (Å²) in [5, 5.41) is 3.20. The van der Waals surface area contributed by atoms with E-state index in [1.54, 1.807) is 0 Å². The van der Waals surface area contributed by atoms with Crippen LogP contribution in [0.1, 0.15) is 35.7 Å². The van der Waals surface area contributed by atoms with Crippen molar-refractivity contribution in [2.24, 2.45) is 0 Å². The predicted octanol–water partition coefficient (Wildman–Crippen LogP) is 3.66. The molecule has 1 N–H and O–H groups in total. The summed E-state index contributed by atoms with van der Waals surface area (Å²) in [4.78, 5) is 20.1. The van der Waals surface area contributed by atoms with Gasteiger partial charge in [0.15, 0.2) is 0 Å². The lowest BCUT2D eigenvalue weighted by molar-refractivity contribution is 0.244. The Labute approximate surface area is 153 Å². The Morgan fingerprint density at radius 3 is 2.88 bits per heavy atom. The van der Waals surface area contributed by atoms with Gasteiger partial charge in [0.2, 0.25) is 5.95 Å². The molecule has 4 heterocycles. The molecule has 0 saturated carbocycles. The number of pyridine rings is 2. The standard InChI is InChI=1S/C20H22N6/c1-15-6-7-19(23-12-15)25-20-22-10-8-17(24-20)18-5-3-11-26(18)14-16-4-2-9-21-13-16/h2,4,6-10,12-13,18H,3,5,11,14H2,1H3,(H,22,23,24,25)/t18-/m0/s1. The minimum Gasteiger partial charge on any atom is -0.309 e. The van der Waals surface area contributed by atoms with E-state index in [-0.39, 0.29) is 0 Å². The Balaban J connectivity index is 1.50. The lowest BCUT2D eigenvalue weighted by Gasteiger charge is -2.24. The minimum atomic E-state index is 0.310. The summed E-state index contributed by atoms with van der Waals surface area (Å²) in [6, 6.07) is 10.4. The second kappa shape index (κ2) is 7.58. The Kier molecular flexibility index (Phi) is 4.84. The van der Waals surface area contributed by atoms with Gasteiger partial charge in [-0.3, -0.25) is 9.88 Å². The lowest BCUT2D eigenvalue weighted by atomic mass is 10.1. The maximum atomic E-state index is 4.74. The highest BCUT2D eigenvalue weighted by Crippen LogP contribution is 2.32. The summed E-state index contributed by atoms with van der Waals surface area (Å²) in [5.41, 5.74) is 3.41. The fourth-order valence-corrected chi connectivity index (χ4v) is 3.35. The van der Waals surface area contributed by atoms with Gasteiger partial charge in [-0.25, -0.2) is 15.0 Å². The maximum Gasteiger partial charge on any atom is 0.228 e. The fraction of sp³-hybridized carbons (Fsp3) is 0.300. The maximum absolute atomic E-state index is 4.74. The van der Waals surface area contributed by atoms with Crippen molar-refractivity contribution in [2.45, 2.75) is 32.4 Å². The van der Waals surface area contributed by atoms with Gasteiger partial charge in [0, 0.05) is 31.3 Å². The molecule has 6 nitrogen and oxygen atoms in total. The smallest absolute Gasteiger partial charge is 0.228 e. The van der Waals surface area contributed by atoms with Crippen molar-refractivity contribution < 1.29 is 0 Å². The van der Waals surface area contributed by atoms with Crippen LogP contribution in [0.25, 0.3) is 0 Å². The van der Waals surface area contributed by atoms with E-state index in [0.717, 1.165) is 36.6 Å². The summed E-state index contributed by atoms with van der Waals surface area (Å²) in [6.45, 7) is 3.99. The third kappa shape index (κ3) is 3.86. The van der Waals surface area contributed by atoms with Crippen LogP contribution in [0.2, 0.25) is 0 Å². The van der Waals surface area contributed by atoms with E-state index in [1.807, 2.05) is 56.0 Å². The van der Waals surface area contributed by atoms with Crippen molar-refractivity contribution in [1.29, 1.82) is 0 Å². The first-order valence-electron chi connectivity index (χ1n) is 8.93. The number of anilines is 2. The van der Waals surface area contributed by atoms with E-state index >= 15 is 0 Å². The average Bonchev–Trinajstić information content (AvgIpc) is 3.13. The molecule has 0 radical (unpaired) electrons. The summed E-state index contributed by atoms with van der Waals surface area (Å²) in [5.74, 6) is 1.35. The highest BCUT2D eigenvalue weighted by atomic mass is 15.2. The summed E-state index contributed by atoms with van der Waals surface area (Å²) in [7, 11) is 0. The van der Waals surface area contributed by atoms with E-state index in [1.165, 1.54) is 12.0 Å². The topological polar surface area (TPSA) is 66.8 Å². The fourth-order valence-electron chi connectivity index (χ4n) is 3.35. The molecule has 0 aliphatic carbocycles. The molecule has 4 rings (SSSR count). The van der Waals surface area contributed by atoms with Crippen molar-refractivity contribution >= 4 is 11.8 Å². The molecule has 0 aromatic carbocycles. The summed E-state index contributed by atoms with van der Waals surface area (Å²) in [6.07, 6.45) is 9.69. The second-order valence-corrected chi connectivity index (χ2v) is 6.64. The number of likely N-dealkylation sites (tertiary alicyclic amines) is 1. The molecule has 1 fully saturated rings. The van der Waals surface area contributed by atoms with Crippen LogP contribution in [0.5, 0.6) is 0 Å². The van der Waals surface area contributed by atoms with Crippen LogP contribution in [-0.2, 0) is 6.54 Å². The van der Waals surface area contributed by atoms with Crippen LogP contribution >= 0.6 is 0 Å². The van der Waals surface area contributed by atoms with Gasteiger partial charge in [-0.15, -0.1) is 0 Å². The van der Waals surface area contributed by atoms with E-state index in [9.17, 15) is 0 Å². The molecule has 0 amide bonds. The number of aryl methyl sites for hydroxylation is 1. The first-order valence-corrected chi connectivity index (χ1v) is 8.93. The molecule has 6 heteroatoms. The molecule has 0 unspecified atom stereocenters. The SMILES string of the molecule is Cc1ccc(Nc2nccc([C@@H]3CCCN3Cc3cccnc3)n2)nc1. The molecule has 1 aliphatic rings. The van der Waals surface area contributed by atoms with Crippen molar-refractivity contribution in [3.8, 4) is 0 Å². The van der Waals surface area contributed by atoms with E-state index in [0.29, 0.717) is 12.0 Å². The molecular weight excluding hydrogens is 324 g/mol. The van der Waals surface area contributed by atoms with Crippen LogP contribution in [0, 0.1) is 6.92 Å². The van der Waals surface area contributed by atoms with Crippen molar-refractivity contribution in [1.82, 2.24) is 24.8 Å². The number of hydrogen-bond acceptors (Lipinski definition) is 6. The quantitative estimate of drug-likeness (QED) is 0.760. The number of hydrogen-bond donors (Lipinski definition) is 1. The van der Waals surface area contributed by atoms with Gasteiger partial charge < -0.3 is 5.32 Å². The Morgan fingerprint density at radius 1 is 1.12 bits per heavy atom. The largest absolute Gasteiger partial charge is 0.309 e. The molecule has 0 spiro atoms. The Hall–Kier alpha value is -2.86. The van der Waals surface area contributed by atoms with Gasteiger partial charge >= 0.3 is 0 Å². The molecule has 1 atom stereocenters. The minimum absolute atomic E-state index is 0.310. The van der Waals surface area contributed by atoms with Crippen LogP contribution in [0.15, 0.2) is 55.1 Å². The number of aromatic nitrogens is 4. The highest BCUT2D eigenvalue weighted by molar-refractivity contribution is 5.47. The molecule has 1 saturated heterocycles. The van der Waals surface area contributed by atoms with Gasteiger partial charge in [-0.05, 0) is 55.6 Å². The number of nitrogens with zero attached hydrogens (tertiary/aromatic N) is 5. The van der Waals surface area contributed by atoms with Gasteiger partial charge in [0.25, 0.3) is 0 Å². The second-order valence-electron chi connectivity index (χ2n) is 6.64. The van der Waals surface area contributed by atoms with Gasteiger partial charge in [0.05, 0.1) is 11.7 Å². The first-order chi connectivity index (χ1) is 12.8. The average molecular weight is 346 g/mol. The molecule has 132 valence electrons. The number of rotatable bonds is 5. The molecule has 3 aromatic heterocycles. The first kappa shape index (κ1) is 16.6. The van der Waals surface area contributed by atoms with Crippen LogP contribution in [0.4, 0.5) is 11.8 Å². The van der Waals surface area contributed by atoms with Crippen LogP contribution in [-0.4, -0.2) is 31.4 Å². The predicted molar refractivity (Wildman–Crippen MR) is 101 cm³/mol. The normalized spacial score (nSPS) is 17.3. The third-order valence-corrected chi connectivity index (χ3v) is 4.64. The molecule has 3 aromatic rings. The highest BCUT2D eigenvalue weighted by Gasteiger charge is 2.27. The Bertz CT molecular complexity index is 850. The lowest BCUT2D eigenvalue weighted by Crippen LogP contribution is -2.23. The molecule has 26 heavy (non-hydrogen) atoms. The van der Waals surface area contributed by atoms with E-state index < -0.39 is 0 Å². The zero-order valence-electron chi connectivity index (χ0n) is 14.8. The van der Waals surface area contributed by atoms with Gasteiger partial charge in [-0.1, -0.05) is 12.1 Å². The monoisotopic (exact) mass is 346 g/mol. The molecular formula is C20H22N6. The van der Waals surface area contributed by atoms with Crippen LogP contribution in [0.3, 0.4) is 0 Å². The summed E-state index contributed by atoms with van der Waals surface area (Å²) < 4.78 is 0. The molecule has 1 aliphatic heterocycles. The van der Waals surface area contributed by atoms with Crippen molar-refractivity contribution in [3.05, 3.63) is 71.9 Å². The Morgan fingerprint density at radius 2 is 2.08 bits per heavy atom. The van der Waals surface area contributed by atoms with E-state index in [4.69, 9.17) is 4.98 Å². The zero-order valence-corrected chi connectivity index (χ0v) is 14.8. The summed E-state index contributed by atoms with van der Waals surface area (Å²) >= 11 is 0. The zero-order chi connectivity index (χ0) is 17.8. The van der Waals surface area contributed by atoms with Crippen LogP contribution < -0.4 is 5.32 Å². The number of nitrogens with one attached hydrogen (secondary N) is 1. The molecule has 0 bridgehead atoms.